The van der Waals surface area contributed by atoms with Gasteiger partial charge in [0.1, 0.15) is 0 Å². The summed E-state index contributed by atoms with van der Waals surface area (Å²) in [4.78, 5) is 0. The maximum Gasteiger partial charge on any atom is 0.0314 e. The van der Waals surface area contributed by atoms with Gasteiger partial charge in [0.2, 0.25) is 0 Å². The van der Waals surface area contributed by atoms with Gasteiger partial charge in [-0.2, -0.15) is 0 Å². The zero-order valence-corrected chi connectivity index (χ0v) is 6.43. The molecule has 9 heavy (non-hydrogen) atoms. The molecule has 0 N–H and O–H groups in total. The fourth-order valence-corrected chi connectivity index (χ4v) is 0.565. The second-order valence-corrected chi connectivity index (χ2v) is 2.01. The average molecular weight is 126 g/mol. The first kappa shape index (κ1) is 8.70. The highest BCUT2D eigenvalue weighted by Crippen LogP contribution is 1.78. The first-order valence-electron chi connectivity index (χ1n) is 3.70. The number of allylic oxidation sites excluding steroid dienone is 1. The molecular weight excluding hydrogens is 110 g/mol. The van der Waals surface area contributed by atoms with Crippen molar-refractivity contribution in [1.29, 1.82) is 0 Å². The highest BCUT2D eigenvalue weighted by Gasteiger charge is 1.78. The van der Waals surface area contributed by atoms with E-state index in [-0.39, 0.29) is 0 Å². The first-order chi connectivity index (χ1) is 4.41. The molecule has 0 rings (SSSR count). The molecule has 0 aromatic rings. The van der Waals surface area contributed by atoms with Gasteiger partial charge in [0.05, 0.1) is 0 Å². The fourth-order valence-electron chi connectivity index (χ4n) is 0.565. The summed E-state index contributed by atoms with van der Waals surface area (Å²) < 4.78 is 0. The van der Waals surface area contributed by atoms with E-state index in [4.69, 9.17) is 0 Å². The number of hydrogen-bond donors (Lipinski definition) is 0. The lowest BCUT2D eigenvalue weighted by atomic mass is 10.4. The topological polar surface area (TPSA) is 14.1 Å². The SMILES string of the molecule is CC/C=C/C[N]CCC. The molecule has 0 atom stereocenters. The van der Waals surface area contributed by atoms with Crippen LogP contribution in [0.25, 0.3) is 0 Å². The van der Waals surface area contributed by atoms with Crippen molar-refractivity contribution in [2.45, 2.75) is 26.7 Å². The summed E-state index contributed by atoms with van der Waals surface area (Å²) in [5, 5.41) is 4.24. The molecule has 0 aromatic heterocycles. The maximum atomic E-state index is 4.24. The molecule has 0 saturated carbocycles. The third-order valence-electron chi connectivity index (χ3n) is 1.02. The van der Waals surface area contributed by atoms with Crippen LogP contribution in [0.2, 0.25) is 0 Å². The van der Waals surface area contributed by atoms with Crippen molar-refractivity contribution in [1.82, 2.24) is 5.32 Å². The largest absolute Gasteiger partial charge is 0.238 e. The van der Waals surface area contributed by atoms with Crippen LogP contribution in [0.3, 0.4) is 0 Å². The molecule has 1 nitrogen and oxygen atoms in total. The molecule has 0 spiro atoms. The molecular formula is C8H16N. The Hall–Kier alpha value is -0.300. The van der Waals surface area contributed by atoms with Gasteiger partial charge in [-0.3, -0.25) is 0 Å². The quantitative estimate of drug-likeness (QED) is 0.395. The summed E-state index contributed by atoms with van der Waals surface area (Å²) in [6, 6.07) is 0. The molecule has 53 valence electrons. The van der Waals surface area contributed by atoms with Crippen LogP contribution >= 0.6 is 0 Å². The van der Waals surface area contributed by atoms with Crippen LogP contribution in [0.4, 0.5) is 0 Å². The average Bonchev–Trinajstić information content (AvgIpc) is 1.89. The van der Waals surface area contributed by atoms with Crippen LogP contribution in [0, 0.1) is 0 Å². The van der Waals surface area contributed by atoms with E-state index in [1.165, 1.54) is 6.42 Å². The van der Waals surface area contributed by atoms with E-state index in [2.05, 4.69) is 31.3 Å². The predicted molar refractivity (Wildman–Crippen MR) is 41.6 cm³/mol. The highest BCUT2D eigenvalue weighted by atomic mass is 14.8. The van der Waals surface area contributed by atoms with Crippen molar-refractivity contribution in [2.24, 2.45) is 0 Å². The van der Waals surface area contributed by atoms with Crippen molar-refractivity contribution in [3.63, 3.8) is 0 Å². The minimum Gasteiger partial charge on any atom is -0.238 e. The lowest BCUT2D eigenvalue weighted by Gasteiger charge is -1.91. The third-order valence-corrected chi connectivity index (χ3v) is 1.02. The second-order valence-electron chi connectivity index (χ2n) is 2.01. The summed E-state index contributed by atoms with van der Waals surface area (Å²) >= 11 is 0. The van der Waals surface area contributed by atoms with Crippen LogP contribution in [-0.2, 0) is 0 Å². The first-order valence-corrected chi connectivity index (χ1v) is 3.70. The van der Waals surface area contributed by atoms with Crippen LogP contribution in [-0.4, -0.2) is 13.1 Å². The fraction of sp³-hybridized carbons (Fsp3) is 0.750. The van der Waals surface area contributed by atoms with E-state index in [0.29, 0.717) is 0 Å². The van der Waals surface area contributed by atoms with Crippen molar-refractivity contribution >= 4 is 0 Å². The van der Waals surface area contributed by atoms with Gasteiger partial charge in [0.15, 0.2) is 0 Å². The minimum atomic E-state index is 0.904. The van der Waals surface area contributed by atoms with Crippen LogP contribution in [0.15, 0.2) is 12.2 Å². The zero-order valence-electron chi connectivity index (χ0n) is 6.43. The molecule has 0 unspecified atom stereocenters. The van der Waals surface area contributed by atoms with Gasteiger partial charge < -0.3 is 0 Å². The minimum absolute atomic E-state index is 0.904. The molecule has 0 heterocycles. The predicted octanol–water partition coefficient (Wildman–Crippen LogP) is 1.97. The van der Waals surface area contributed by atoms with Crippen molar-refractivity contribution < 1.29 is 0 Å². The summed E-state index contributed by atoms with van der Waals surface area (Å²) in [5.41, 5.74) is 0. The van der Waals surface area contributed by atoms with Crippen molar-refractivity contribution in [2.75, 3.05) is 13.1 Å². The normalized spacial score (nSPS) is 10.9. The smallest absolute Gasteiger partial charge is 0.0314 e. The zero-order chi connectivity index (χ0) is 6.95. The van der Waals surface area contributed by atoms with E-state index in [9.17, 15) is 0 Å². The Morgan fingerprint density at radius 3 is 2.56 bits per heavy atom. The summed E-state index contributed by atoms with van der Waals surface area (Å²) in [5.74, 6) is 0. The Labute approximate surface area is 58.2 Å². The van der Waals surface area contributed by atoms with Crippen LogP contribution in [0.1, 0.15) is 26.7 Å². The van der Waals surface area contributed by atoms with E-state index in [1.54, 1.807) is 0 Å². The standard InChI is InChI=1S/C8H16N/c1-3-5-6-8-9-7-4-2/h5-6H,3-4,7-8H2,1-2H3/b6-5+. The Kier molecular flexibility index (Phi) is 7.44. The monoisotopic (exact) mass is 126 g/mol. The van der Waals surface area contributed by atoms with Crippen molar-refractivity contribution in [3.05, 3.63) is 12.2 Å². The molecule has 0 saturated heterocycles. The van der Waals surface area contributed by atoms with Gasteiger partial charge in [-0.15, -0.1) is 0 Å². The second kappa shape index (κ2) is 7.70. The Balaban J connectivity index is 2.82. The molecule has 0 aromatic carbocycles. The molecule has 0 aliphatic carbocycles. The maximum absolute atomic E-state index is 4.24. The Bertz CT molecular complexity index is 67.0. The lowest BCUT2D eigenvalue weighted by Crippen LogP contribution is -2.04. The van der Waals surface area contributed by atoms with E-state index < -0.39 is 0 Å². The van der Waals surface area contributed by atoms with Gasteiger partial charge in [0.25, 0.3) is 0 Å². The number of rotatable bonds is 5. The van der Waals surface area contributed by atoms with E-state index in [0.717, 1.165) is 19.5 Å². The summed E-state index contributed by atoms with van der Waals surface area (Å²) in [6.45, 7) is 6.19. The summed E-state index contributed by atoms with van der Waals surface area (Å²) in [6.07, 6.45) is 6.57. The molecule has 0 aliphatic heterocycles. The molecule has 0 amide bonds. The number of hydrogen-bond acceptors (Lipinski definition) is 0. The molecule has 0 fully saturated rings. The molecule has 1 radical (unpaired) electrons. The van der Waals surface area contributed by atoms with Gasteiger partial charge in [-0.25, -0.2) is 5.32 Å². The molecule has 0 bridgehead atoms. The van der Waals surface area contributed by atoms with Crippen LogP contribution < -0.4 is 5.32 Å². The number of nitrogens with zero attached hydrogens (tertiary/aromatic N) is 1. The highest BCUT2D eigenvalue weighted by molar-refractivity contribution is 4.81. The van der Waals surface area contributed by atoms with Gasteiger partial charge in [-0.05, 0) is 12.8 Å². The Morgan fingerprint density at radius 2 is 2.00 bits per heavy atom. The van der Waals surface area contributed by atoms with Crippen molar-refractivity contribution in [3.8, 4) is 0 Å². The van der Waals surface area contributed by atoms with Gasteiger partial charge >= 0.3 is 0 Å². The van der Waals surface area contributed by atoms with E-state index >= 15 is 0 Å². The van der Waals surface area contributed by atoms with Gasteiger partial charge in [0, 0.05) is 13.1 Å². The molecule has 1 heteroatoms. The van der Waals surface area contributed by atoms with E-state index in [1.807, 2.05) is 0 Å². The molecule has 0 aliphatic rings. The lowest BCUT2D eigenvalue weighted by molar-refractivity contribution is 0.714. The third kappa shape index (κ3) is 7.70. The Morgan fingerprint density at radius 1 is 1.22 bits per heavy atom. The van der Waals surface area contributed by atoms with Crippen LogP contribution in [0.5, 0.6) is 0 Å². The van der Waals surface area contributed by atoms with Gasteiger partial charge in [-0.1, -0.05) is 26.0 Å². The summed E-state index contributed by atoms with van der Waals surface area (Å²) in [7, 11) is 0.